The summed E-state index contributed by atoms with van der Waals surface area (Å²) in [7, 11) is 1.47. The molecular weight excluding hydrogens is 214 g/mol. The minimum absolute atomic E-state index is 0.155. The van der Waals surface area contributed by atoms with Crippen LogP contribution in [0.15, 0.2) is 18.3 Å². The second-order valence-corrected chi connectivity index (χ2v) is 2.76. The van der Waals surface area contributed by atoms with E-state index in [1.165, 1.54) is 7.11 Å². The smallest absolute Gasteiger partial charge is 0.358 e. The van der Waals surface area contributed by atoms with Gasteiger partial charge in [-0.2, -0.15) is 5.10 Å². The molecule has 0 fully saturated rings. The Hall–Kier alpha value is -2.51. The molecule has 0 aliphatic carbocycles. The van der Waals surface area contributed by atoms with Crippen LogP contribution in [0.4, 0.5) is 0 Å². The molecule has 2 heterocycles. The van der Waals surface area contributed by atoms with Gasteiger partial charge in [0, 0.05) is 6.07 Å². The number of rotatable bonds is 3. The van der Waals surface area contributed by atoms with Crippen LogP contribution in [0, 0.1) is 0 Å². The molecule has 8 nitrogen and oxygen atoms in total. The Morgan fingerprint density at radius 2 is 2.25 bits per heavy atom. The lowest BCUT2D eigenvalue weighted by Gasteiger charge is -1.98. The number of aromatic nitrogens is 5. The largest absolute Gasteiger partial charge is 0.480 e. The first kappa shape index (κ1) is 10.0. The van der Waals surface area contributed by atoms with Gasteiger partial charge in [-0.3, -0.25) is 0 Å². The Bertz CT molecular complexity index is 507. The Labute approximate surface area is 89.5 Å². The summed E-state index contributed by atoms with van der Waals surface area (Å²) in [5.74, 6) is -0.476. The molecule has 2 rings (SSSR count). The highest BCUT2D eigenvalue weighted by molar-refractivity contribution is 5.84. The van der Waals surface area contributed by atoms with Crippen LogP contribution in [-0.4, -0.2) is 43.4 Å². The van der Waals surface area contributed by atoms with Crippen LogP contribution in [0.25, 0.3) is 5.82 Å². The van der Waals surface area contributed by atoms with Crippen molar-refractivity contribution in [3.05, 3.63) is 24.0 Å². The van der Waals surface area contributed by atoms with Crippen molar-refractivity contribution in [3.8, 4) is 11.7 Å². The minimum atomic E-state index is -1.15. The topological polar surface area (TPSA) is 103 Å². The first-order chi connectivity index (χ1) is 7.70. The van der Waals surface area contributed by atoms with E-state index in [0.29, 0.717) is 11.7 Å². The molecule has 0 spiro atoms. The van der Waals surface area contributed by atoms with E-state index in [1.807, 2.05) is 0 Å². The molecule has 1 N–H and O–H groups in total. The van der Waals surface area contributed by atoms with E-state index in [2.05, 4.69) is 20.4 Å². The van der Waals surface area contributed by atoms with E-state index in [9.17, 15) is 4.79 Å². The molecule has 2 aromatic heterocycles. The molecule has 0 amide bonds. The standard InChI is InChI=1S/C8H7N5O3/c1-16-7-3-2-6(10-11-7)13-9-4-5(12-13)8(14)15/h2-4H,1H3,(H,14,15). The van der Waals surface area contributed by atoms with Gasteiger partial charge in [-0.1, -0.05) is 0 Å². The van der Waals surface area contributed by atoms with Crippen LogP contribution in [0.5, 0.6) is 5.88 Å². The van der Waals surface area contributed by atoms with Crippen molar-refractivity contribution in [1.82, 2.24) is 25.2 Å². The second kappa shape index (κ2) is 3.93. The summed E-state index contributed by atoms with van der Waals surface area (Å²) < 4.78 is 4.83. The average molecular weight is 221 g/mol. The summed E-state index contributed by atoms with van der Waals surface area (Å²) in [5, 5.41) is 23.6. The number of carboxylic acids is 1. The van der Waals surface area contributed by atoms with Crippen molar-refractivity contribution >= 4 is 5.97 Å². The summed E-state index contributed by atoms with van der Waals surface area (Å²) in [4.78, 5) is 11.7. The Morgan fingerprint density at radius 3 is 2.75 bits per heavy atom. The normalized spacial score (nSPS) is 10.1. The number of carboxylic acid groups (broad SMARTS) is 1. The third-order valence-electron chi connectivity index (χ3n) is 1.75. The van der Waals surface area contributed by atoms with Crippen LogP contribution in [0.2, 0.25) is 0 Å². The number of aromatic carboxylic acids is 1. The first-order valence-electron chi connectivity index (χ1n) is 4.24. The number of hydrogen-bond donors (Lipinski definition) is 1. The fourth-order valence-corrected chi connectivity index (χ4v) is 1.000. The molecule has 0 aromatic carbocycles. The van der Waals surface area contributed by atoms with Gasteiger partial charge < -0.3 is 9.84 Å². The molecule has 0 bridgehead atoms. The summed E-state index contributed by atoms with van der Waals surface area (Å²) in [5.41, 5.74) is -0.155. The van der Waals surface area contributed by atoms with Gasteiger partial charge in [-0.15, -0.1) is 20.1 Å². The first-order valence-corrected chi connectivity index (χ1v) is 4.24. The highest BCUT2D eigenvalue weighted by Crippen LogP contribution is 2.06. The maximum atomic E-state index is 10.6. The van der Waals surface area contributed by atoms with Crippen LogP contribution in [0.1, 0.15) is 10.5 Å². The molecule has 0 aliphatic rings. The predicted molar refractivity (Wildman–Crippen MR) is 50.5 cm³/mol. The van der Waals surface area contributed by atoms with Gasteiger partial charge in [0.25, 0.3) is 0 Å². The van der Waals surface area contributed by atoms with E-state index < -0.39 is 5.97 Å². The lowest BCUT2D eigenvalue weighted by molar-refractivity contribution is 0.0690. The van der Waals surface area contributed by atoms with Crippen molar-refractivity contribution < 1.29 is 14.6 Å². The van der Waals surface area contributed by atoms with Crippen LogP contribution < -0.4 is 4.74 Å². The minimum Gasteiger partial charge on any atom is -0.480 e. The van der Waals surface area contributed by atoms with Gasteiger partial charge in [-0.05, 0) is 6.07 Å². The number of ether oxygens (including phenoxy) is 1. The highest BCUT2D eigenvalue weighted by Gasteiger charge is 2.10. The van der Waals surface area contributed by atoms with Crippen LogP contribution in [-0.2, 0) is 0 Å². The monoisotopic (exact) mass is 221 g/mol. The van der Waals surface area contributed by atoms with Crippen LogP contribution in [0.3, 0.4) is 0 Å². The van der Waals surface area contributed by atoms with Crippen molar-refractivity contribution in [1.29, 1.82) is 0 Å². The van der Waals surface area contributed by atoms with Crippen molar-refractivity contribution in [2.75, 3.05) is 7.11 Å². The molecule has 0 atom stereocenters. The van der Waals surface area contributed by atoms with Crippen LogP contribution >= 0.6 is 0 Å². The number of carbonyl (C=O) groups is 1. The van der Waals surface area contributed by atoms with Gasteiger partial charge in [0.15, 0.2) is 11.5 Å². The number of methoxy groups -OCH3 is 1. The van der Waals surface area contributed by atoms with Gasteiger partial charge >= 0.3 is 5.97 Å². The van der Waals surface area contributed by atoms with E-state index in [4.69, 9.17) is 9.84 Å². The number of hydrogen-bond acceptors (Lipinski definition) is 6. The zero-order chi connectivity index (χ0) is 11.5. The van der Waals surface area contributed by atoms with Gasteiger partial charge in [0.05, 0.1) is 13.3 Å². The number of nitrogens with zero attached hydrogens (tertiary/aromatic N) is 5. The Balaban J connectivity index is 2.31. The lowest BCUT2D eigenvalue weighted by Crippen LogP contribution is -2.05. The van der Waals surface area contributed by atoms with E-state index in [0.717, 1.165) is 11.0 Å². The Morgan fingerprint density at radius 1 is 1.44 bits per heavy atom. The van der Waals surface area contributed by atoms with E-state index in [-0.39, 0.29) is 5.69 Å². The quantitative estimate of drug-likeness (QED) is 0.762. The molecule has 0 unspecified atom stereocenters. The second-order valence-electron chi connectivity index (χ2n) is 2.76. The van der Waals surface area contributed by atoms with Crippen molar-refractivity contribution in [3.63, 3.8) is 0 Å². The predicted octanol–water partition coefficient (Wildman–Crippen LogP) is -0.236. The SMILES string of the molecule is COc1ccc(-n2ncc(C(=O)O)n2)nn1. The summed E-state index contributed by atoms with van der Waals surface area (Å²) in [6, 6.07) is 3.14. The average Bonchev–Trinajstić information content (AvgIpc) is 2.78. The highest BCUT2D eigenvalue weighted by atomic mass is 16.5. The maximum Gasteiger partial charge on any atom is 0.358 e. The zero-order valence-corrected chi connectivity index (χ0v) is 8.23. The van der Waals surface area contributed by atoms with Crippen molar-refractivity contribution in [2.24, 2.45) is 0 Å². The van der Waals surface area contributed by atoms with Crippen molar-refractivity contribution in [2.45, 2.75) is 0 Å². The summed E-state index contributed by atoms with van der Waals surface area (Å²) in [6.45, 7) is 0. The molecule has 0 aliphatic heterocycles. The molecule has 0 radical (unpaired) electrons. The third-order valence-corrected chi connectivity index (χ3v) is 1.75. The van der Waals surface area contributed by atoms with Gasteiger partial charge in [0.2, 0.25) is 5.88 Å². The maximum absolute atomic E-state index is 10.6. The molecule has 0 saturated heterocycles. The Kier molecular flexibility index (Phi) is 2.46. The fourth-order valence-electron chi connectivity index (χ4n) is 1.000. The molecule has 82 valence electrons. The van der Waals surface area contributed by atoms with Gasteiger partial charge in [-0.25, -0.2) is 4.79 Å². The van der Waals surface area contributed by atoms with E-state index in [1.54, 1.807) is 12.1 Å². The lowest BCUT2D eigenvalue weighted by atomic mass is 10.5. The molecular formula is C8H7N5O3. The summed E-state index contributed by atoms with van der Waals surface area (Å²) >= 11 is 0. The fraction of sp³-hybridized carbons (Fsp3) is 0.125. The summed E-state index contributed by atoms with van der Waals surface area (Å²) in [6.07, 6.45) is 1.13. The van der Waals surface area contributed by atoms with E-state index >= 15 is 0 Å². The molecule has 0 saturated carbocycles. The molecule has 16 heavy (non-hydrogen) atoms. The third kappa shape index (κ3) is 1.80. The zero-order valence-electron chi connectivity index (χ0n) is 8.23. The molecule has 8 heteroatoms. The van der Waals surface area contributed by atoms with Gasteiger partial charge in [0.1, 0.15) is 0 Å². The molecule has 2 aromatic rings.